The lowest BCUT2D eigenvalue weighted by Gasteiger charge is -2.10. The van der Waals surface area contributed by atoms with Crippen LogP contribution in [-0.2, 0) is 6.61 Å². The number of hydrogen-bond donors (Lipinski definition) is 1. The highest BCUT2D eigenvalue weighted by Gasteiger charge is 2.16. The smallest absolute Gasteiger partial charge is 0.345 e. The first kappa shape index (κ1) is 26.7. The lowest BCUT2D eigenvalue weighted by Crippen LogP contribution is -2.17. The molecule has 4 rings (SSSR count). The quantitative estimate of drug-likeness (QED) is 0.111. The van der Waals surface area contributed by atoms with Crippen molar-refractivity contribution >= 4 is 41.3 Å². The highest BCUT2D eigenvalue weighted by atomic mass is 35.5. The van der Waals surface area contributed by atoms with Crippen LogP contribution in [0.25, 0.3) is 0 Å². The molecule has 7 nitrogen and oxygen atoms in total. The number of carbonyl (C=O) groups excluding carboxylic acids is 2. The summed E-state index contributed by atoms with van der Waals surface area (Å²) in [7, 11) is 1.44. The molecule has 0 saturated heterocycles. The minimum absolute atomic E-state index is 0.169. The molecule has 38 heavy (non-hydrogen) atoms. The topological polar surface area (TPSA) is 86.2 Å². The molecule has 0 saturated carbocycles. The Hall–Kier alpha value is -4.33. The van der Waals surface area contributed by atoms with Gasteiger partial charge in [-0.05, 0) is 71.8 Å². The van der Waals surface area contributed by atoms with Crippen molar-refractivity contribution in [3.63, 3.8) is 0 Å². The van der Waals surface area contributed by atoms with E-state index < -0.39 is 5.97 Å². The molecule has 1 N–H and O–H groups in total. The Morgan fingerprint density at radius 2 is 1.66 bits per heavy atom. The second kappa shape index (κ2) is 12.8. The second-order valence-electron chi connectivity index (χ2n) is 7.92. The van der Waals surface area contributed by atoms with Crippen LogP contribution in [0.2, 0.25) is 10.0 Å². The minimum atomic E-state index is -0.657. The molecule has 0 bridgehead atoms. The summed E-state index contributed by atoms with van der Waals surface area (Å²) in [6, 6.07) is 25.9. The lowest BCUT2D eigenvalue weighted by molar-refractivity contribution is 0.0729. The van der Waals surface area contributed by atoms with Crippen molar-refractivity contribution in [2.45, 2.75) is 6.61 Å². The third-order valence-electron chi connectivity index (χ3n) is 5.29. The Morgan fingerprint density at radius 3 is 2.37 bits per heavy atom. The first-order chi connectivity index (χ1) is 18.4. The van der Waals surface area contributed by atoms with Crippen LogP contribution < -0.4 is 19.6 Å². The van der Waals surface area contributed by atoms with Crippen molar-refractivity contribution in [3.8, 4) is 17.2 Å². The summed E-state index contributed by atoms with van der Waals surface area (Å²) in [6.07, 6.45) is 1.44. The molecule has 0 aromatic heterocycles. The molecule has 4 aromatic rings. The molecule has 0 aliphatic rings. The van der Waals surface area contributed by atoms with Gasteiger partial charge in [-0.1, -0.05) is 53.5 Å². The number of rotatable bonds is 9. The predicted octanol–water partition coefficient (Wildman–Crippen LogP) is 6.56. The van der Waals surface area contributed by atoms with E-state index >= 15 is 0 Å². The number of nitrogens with zero attached hydrogens (tertiary/aromatic N) is 1. The molecule has 0 spiro atoms. The lowest BCUT2D eigenvalue weighted by atomic mass is 10.2. The number of hydrogen-bond acceptors (Lipinski definition) is 6. The van der Waals surface area contributed by atoms with Crippen molar-refractivity contribution in [2.24, 2.45) is 5.10 Å². The summed E-state index contributed by atoms with van der Waals surface area (Å²) in [5.74, 6) is 0.104. The third-order valence-corrected chi connectivity index (χ3v) is 5.83. The molecule has 1 amide bonds. The SMILES string of the molecule is COc1cc(/C=N\NC(=O)c2ccc(OCc3ccccc3)cc2)ccc1OC(=O)c1ccc(Cl)cc1Cl. The number of halogens is 2. The van der Waals surface area contributed by atoms with Gasteiger partial charge in [-0.15, -0.1) is 0 Å². The zero-order chi connectivity index (χ0) is 26.9. The van der Waals surface area contributed by atoms with Crippen molar-refractivity contribution in [3.05, 3.63) is 123 Å². The minimum Gasteiger partial charge on any atom is -0.493 e. The van der Waals surface area contributed by atoms with Gasteiger partial charge >= 0.3 is 5.97 Å². The van der Waals surface area contributed by atoms with Crippen molar-refractivity contribution < 1.29 is 23.8 Å². The van der Waals surface area contributed by atoms with E-state index in [0.29, 0.717) is 34.3 Å². The normalized spacial score (nSPS) is 10.7. The van der Waals surface area contributed by atoms with Crippen LogP contribution in [0, 0.1) is 0 Å². The number of methoxy groups -OCH3 is 1. The first-order valence-electron chi connectivity index (χ1n) is 11.4. The second-order valence-corrected chi connectivity index (χ2v) is 8.77. The highest BCUT2D eigenvalue weighted by molar-refractivity contribution is 6.36. The molecule has 9 heteroatoms. The summed E-state index contributed by atoms with van der Waals surface area (Å²) in [5, 5.41) is 4.58. The van der Waals surface area contributed by atoms with E-state index in [9.17, 15) is 9.59 Å². The highest BCUT2D eigenvalue weighted by Crippen LogP contribution is 2.30. The molecular formula is C29H22Cl2N2O5. The maximum Gasteiger partial charge on any atom is 0.345 e. The van der Waals surface area contributed by atoms with E-state index in [1.807, 2.05) is 30.3 Å². The third kappa shape index (κ3) is 7.12. The largest absolute Gasteiger partial charge is 0.493 e. The van der Waals surface area contributed by atoms with Gasteiger partial charge in [0, 0.05) is 10.6 Å². The van der Waals surface area contributed by atoms with Crippen LogP contribution >= 0.6 is 23.2 Å². The van der Waals surface area contributed by atoms with Crippen LogP contribution in [-0.4, -0.2) is 25.2 Å². The van der Waals surface area contributed by atoms with Crippen LogP contribution in [0.3, 0.4) is 0 Å². The Morgan fingerprint density at radius 1 is 0.895 bits per heavy atom. The molecule has 0 atom stereocenters. The van der Waals surface area contributed by atoms with E-state index in [1.54, 1.807) is 48.5 Å². The summed E-state index contributed by atoms with van der Waals surface area (Å²) < 4.78 is 16.5. The fourth-order valence-electron chi connectivity index (χ4n) is 3.33. The first-order valence-corrected chi connectivity index (χ1v) is 12.1. The Balaban J connectivity index is 1.33. The molecule has 4 aromatic carbocycles. The average Bonchev–Trinajstić information content (AvgIpc) is 2.93. The number of esters is 1. The van der Waals surface area contributed by atoms with E-state index in [1.165, 1.54) is 25.5 Å². The number of ether oxygens (including phenoxy) is 3. The van der Waals surface area contributed by atoms with Gasteiger partial charge in [-0.25, -0.2) is 10.2 Å². The summed E-state index contributed by atoms with van der Waals surface area (Å²) in [5.41, 5.74) is 4.73. The predicted molar refractivity (Wildman–Crippen MR) is 147 cm³/mol. The zero-order valence-corrected chi connectivity index (χ0v) is 21.7. The van der Waals surface area contributed by atoms with E-state index in [4.69, 9.17) is 37.4 Å². The average molecular weight is 549 g/mol. The van der Waals surface area contributed by atoms with Crippen molar-refractivity contribution in [1.82, 2.24) is 5.43 Å². The number of hydrazone groups is 1. The molecule has 0 radical (unpaired) electrons. The Labute approximate surface area is 229 Å². The van der Waals surface area contributed by atoms with E-state index in [-0.39, 0.29) is 22.2 Å². The maximum absolute atomic E-state index is 12.5. The van der Waals surface area contributed by atoms with E-state index in [0.717, 1.165) is 5.56 Å². The van der Waals surface area contributed by atoms with Gasteiger partial charge < -0.3 is 14.2 Å². The molecule has 0 aliphatic carbocycles. The van der Waals surface area contributed by atoms with Crippen molar-refractivity contribution in [2.75, 3.05) is 7.11 Å². The zero-order valence-electron chi connectivity index (χ0n) is 20.2. The maximum atomic E-state index is 12.5. The molecular weight excluding hydrogens is 527 g/mol. The fourth-order valence-corrected chi connectivity index (χ4v) is 3.82. The molecule has 0 unspecified atom stereocenters. The number of carbonyl (C=O) groups is 2. The summed E-state index contributed by atoms with van der Waals surface area (Å²) in [6.45, 7) is 0.438. The van der Waals surface area contributed by atoms with Gasteiger partial charge in [0.1, 0.15) is 12.4 Å². The Bertz CT molecular complexity index is 1460. The molecule has 0 fully saturated rings. The van der Waals surface area contributed by atoms with Gasteiger partial charge in [0.2, 0.25) is 0 Å². The summed E-state index contributed by atoms with van der Waals surface area (Å²) >= 11 is 12.0. The van der Waals surface area contributed by atoms with Crippen LogP contribution in [0.5, 0.6) is 17.2 Å². The van der Waals surface area contributed by atoms with Gasteiger partial charge in [-0.2, -0.15) is 5.10 Å². The van der Waals surface area contributed by atoms with Gasteiger partial charge in [0.25, 0.3) is 5.91 Å². The fraction of sp³-hybridized carbons (Fsp3) is 0.0690. The van der Waals surface area contributed by atoms with Crippen LogP contribution in [0.1, 0.15) is 31.8 Å². The number of amides is 1. The summed E-state index contributed by atoms with van der Waals surface area (Å²) in [4.78, 5) is 25.0. The van der Waals surface area contributed by atoms with Gasteiger partial charge in [0.05, 0.1) is 23.9 Å². The number of nitrogens with one attached hydrogen (secondary N) is 1. The van der Waals surface area contributed by atoms with Crippen LogP contribution in [0.15, 0.2) is 96.1 Å². The van der Waals surface area contributed by atoms with Gasteiger partial charge in [0.15, 0.2) is 11.5 Å². The van der Waals surface area contributed by atoms with Gasteiger partial charge in [-0.3, -0.25) is 4.79 Å². The monoisotopic (exact) mass is 548 g/mol. The Kier molecular flexibility index (Phi) is 8.98. The standard InChI is InChI=1S/C29H22Cl2N2O5/c1-36-27-15-20(7-14-26(27)38-29(35)24-13-10-22(30)16-25(24)31)17-32-33-28(34)21-8-11-23(12-9-21)37-18-19-5-3-2-4-6-19/h2-17H,18H2,1H3,(H,33,34)/b32-17-. The van der Waals surface area contributed by atoms with E-state index in [2.05, 4.69) is 10.5 Å². The number of benzene rings is 4. The molecule has 192 valence electrons. The van der Waals surface area contributed by atoms with Crippen molar-refractivity contribution in [1.29, 1.82) is 0 Å². The molecule has 0 aliphatic heterocycles. The van der Waals surface area contributed by atoms with Crippen LogP contribution in [0.4, 0.5) is 0 Å². The molecule has 0 heterocycles.